The summed E-state index contributed by atoms with van der Waals surface area (Å²) in [6.45, 7) is 5.19. The first-order valence-corrected chi connectivity index (χ1v) is 6.76. The highest BCUT2D eigenvalue weighted by atomic mass is 32.1. The third-order valence-electron chi connectivity index (χ3n) is 2.61. The number of nitrogens with one attached hydrogen (secondary N) is 1. The van der Waals surface area contributed by atoms with Gasteiger partial charge in [-0.2, -0.15) is 0 Å². The second-order valence-corrected chi connectivity index (χ2v) is 4.97. The molecule has 0 fully saturated rings. The Morgan fingerprint density at radius 3 is 3.00 bits per heavy atom. The van der Waals surface area contributed by atoms with E-state index in [1.807, 2.05) is 24.4 Å². The number of thiazole rings is 1. The molecule has 18 heavy (non-hydrogen) atoms. The second kappa shape index (κ2) is 5.93. The molecule has 96 valence electrons. The molecule has 0 bridgehead atoms. The zero-order valence-electron chi connectivity index (χ0n) is 10.8. The molecule has 0 saturated heterocycles. The Kier molecular flexibility index (Phi) is 4.28. The van der Waals surface area contributed by atoms with Crippen LogP contribution in [0.25, 0.3) is 10.7 Å². The minimum Gasteiger partial charge on any atom is -0.481 e. The van der Waals surface area contributed by atoms with Crippen molar-refractivity contribution in [3.8, 4) is 16.6 Å². The first-order valence-electron chi connectivity index (χ1n) is 5.95. The van der Waals surface area contributed by atoms with Gasteiger partial charge in [-0.15, -0.1) is 11.3 Å². The van der Waals surface area contributed by atoms with Gasteiger partial charge in [-0.1, -0.05) is 13.0 Å². The SMILES string of the molecule is CCNC(C)c1cnc(-c2cccc(OC)n2)s1. The van der Waals surface area contributed by atoms with Crippen LogP contribution < -0.4 is 10.1 Å². The highest BCUT2D eigenvalue weighted by molar-refractivity contribution is 7.15. The summed E-state index contributed by atoms with van der Waals surface area (Å²) in [6.07, 6.45) is 1.91. The highest BCUT2D eigenvalue weighted by Crippen LogP contribution is 2.28. The van der Waals surface area contributed by atoms with E-state index in [0.29, 0.717) is 11.9 Å². The van der Waals surface area contributed by atoms with Gasteiger partial charge in [0.1, 0.15) is 10.7 Å². The Hall–Kier alpha value is -1.46. The average Bonchev–Trinajstić information content (AvgIpc) is 2.89. The van der Waals surface area contributed by atoms with E-state index in [1.165, 1.54) is 4.88 Å². The molecule has 5 heteroatoms. The Labute approximate surface area is 111 Å². The molecule has 1 unspecified atom stereocenters. The van der Waals surface area contributed by atoms with Crippen molar-refractivity contribution in [3.63, 3.8) is 0 Å². The van der Waals surface area contributed by atoms with Crippen molar-refractivity contribution in [3.05, 3.63) is 29.3 Å². The number of methoxy groups -OCH3 is 1. The fourth-order valence-electron chi connectivity index (χ4n) is 1.66. The second-order valence-electron chi connectivity index (χ2n) is 3.91. The van der Waals surface area contributed by atoms with E-state index in [0.717, 1.165) is 17.2 Å². The van der Waals surface area contributed by atoms with E-state index >= 15 is 0 Å². The zero-order chi connectivity index (χ0) is 13.0. The van der Waals surface area contributed by atoms with Gasteiger partial charge in [0.2, 0.25) is 5.88 Å². The lowest BCUT2D eigenvalue weighted by Crippen LogP contribution is -2.16. The van der Waals surface area contributed by atoms with E-state index in [1.54, 1.807) is 18.4 Å². The number of nitrogens with zero attached hydrogens (tertiary/aromatic N) is 2. The first kappa shape index (κ1) is 13.0. The van der Waals surface area contributed by atoms with Crippen LogP contribution >= 0.6 is 11.3 Å². The summed E-state index contributed by atoms with van der Waals surface area (Å²) in [5, 5.41) is 4.30. The lowest BCUT2D eigenvalue weighted by atomic mass is 10.3. The van der Waals surface area contributed by atoms with E-state index in [4.69, 9.17) is 4.74 Å². The molecule has 0 radical (unpaired) electrons. The minimum absolute atomic E-state index is 0.326. The molecule has 0 aliphatic heterocycles. The Morgan fingerprint density at radius 2 is 2.28 bits per heavy atom. The highest BCUT2D eigenvalue weighted by Gasteiger charge is 2.11. The Bertz CT molecular complexity index is 512. The van der Waals surface area contributed by atoms with Crippen molar-refractivity contribution in [2.24, 2.45) is 0 Å². The van der Waals surface area contributed by atoms with E-state index in [2.05, 4.69) is 29.1 Å². The molecule has 0 aliphatic carbocycles. The van der Waals surface area contributed by atoms with Crippen LogP contribution in [0.2, 0.25) is 0 Å². The summed E-state index contributed by atoms with van der Waals surface area (Å²) >= 11 is 1.66. The van der Waals surface area contributed by atoms with Gasteiger partial charge in [0.25, 0.3) is 0 Å². The first-order chi connectivity index (χ1) is 8.74. The number of hydrogen-bond donors (Lipinski definition) is 1. The lowest BCUT2D eigenvalue weighted by Gasteiger charge is -2.08. The predicted molar refractivity (Wildman–Crippen MR) is 74.0 cm³/mol. The molecule has 0 amide bonds. The molecule has 2 rings (SSSR count). The van der Waals surface area contributed by atoms with E-state index in [-0.39, 0.29) is 0 Å². The van der Waals surface area contributed by atoms with Crippen LogP contribution in [0.4, 0.5) is 0 Å². The van der Waals surface area contributed by atoms with E-state index < -0.39 is 0 Å². The summed E-state index contributed by atoms with van der Waals surface area (Å²) in [7, 11) is 1.62. The molecule has 2 aromatic heterocycles. The summed E-state index contributed by atoms with van der Waals surface area (Å²) in [4.78, 5) is 10.0. The Morgan fingerprint density at radius 1 is 1.44 bits per heavy atom. The van der Waals surface area contributed by atoms with Gasteiger partial charge in [0.05, 0.1) is 7.11 Å². The van der Waals surface area contributed by atoms with Crippen LogP contribution in [0.1, 0.15) is 24.8 Å². The molecule has 4 nitrogen and oxygen atoms in total. The Balaban J connectivity index is 2.23. The normalized spacial score (nSPS) is 12.4. The number of aromatic nitrogens is 2. The van der Waals surface area contributed by atoms with Crippen molar-refractivity contribution in [2.45, 2.75) is 19.9 Å². The molecule has 2 aromatic rings. The third kappa shape index (κ3) is 2.86. The fourth-order valence-corrected chi connectivity index (χ4v) is 2.57. The van der Waals surface area contributed by atoms with Crippen LogP contribution in [-0.2, 0) is 0 Å². The number of rotatable bonds is 5. The molecule has 1 N–H and O–H groups in total. The quantitative estimate of drug-likeness (QED) is 0.901. The van der Waals surface area contributed by atoms with Crippen molar-refractivity contribution >= 4 is 11.3 Å². The smallest absolute Gasteiger partial charge is 0.213 e. The summed E-state index contributed by atoms with van der Waals surface area (Å²) in [6, 6.07) is 6.03. The maximum absolute atomic E-state index is 5.12. The maximum atomic E-state index is 5.12. The monoisotopic (exact) mass is 263 g/mol. The molecular formula is C13H17N3OS. The fraction of sp³-hybridized carbons (Fsp3) is 0.385. The number of hydrogen-bond acceptors (Lipinski definition) is 5. The molecule has 1 atom stereocenters. The maximum Gasteiger partial charge on any atom is 0.213 e. The van der Waals surface area contributed by atoms with Crippen LogP contribution in [0.15, 0.2) is 24.4 Å². The van der Waals surface area contributed by atoms with Gasteiger partial charge in [-0.3, -0.25) is 0 Å². The van der Waals surface area contributed by atoms with Crippen LogP contribution in [-0.4, -0.2) is 23.6 Å². The molecule has 0 saturated carbocycles. The standard InChI is InChI=1S/C13H17N3OS/c1-4-14-9(2)11-8-15-13(18-11)10-6-5-7-12(16-10)17-3/h5-9,14H,4H2,1-3H3. The predicted octanol–water partition coefficient (Wildman–Crippen LogP) is 2.88. The van der Waals surface area contributed by atoms with Crippen molar-refractivity contribution in [1.82, 2.24) is 15.3 Å². The van der Waals surface area contributed by atoms with Gasteiger partial charge >= 0.3 is 0 Å². The van der Waals surface area contributed by atoms with Gasteiger partial charge in [0.15, 0.2) is 0 Å². The van der Waals surface area contributed by atoms with Gasteiger partial charge in [0, 0.05) is 23.2 Å². The average molecular weight is 263 g/mol. The number of pyridine rings is 1. The van der Waals surface area contributed by atoms with Crippen molar-refractivity contribution in [2.75, 3.05) is 13.7 Å². The molecule has 0 aliphatic rings. The van der Waals surface area contributed by atoms with Gasteiger partial charge in [-0.25, -0.2) is 9.97 Å². The van der Waals surface area contributed by atoms with Gasteiger partial charge < -0.3 is 10.1 Å². The largest absolute Gasteiger partial charge is 0.481 e. The van der Waals surface area contributed by atoms with Crippen molar-refractivity contribution in [1.29, 1.82) is 0 Å². The number of ether oxygens (including phenoxy) is 1. The minimum atomic E-state index is 0.326. The van der Waals surface area contributed by atoms with Crippen molar-refractivity contribution < 1.29 is 4.74 Å². The van der Waals surface area contributed by atoms with Crippen LogP contribution in [0.5, 0.6) is 5.88 Å². The van der Waals surface area contributed by atoms with Crippen LogP contribution in [0, 0.1) is 0 Å². The molecular weight excluding hydrogens is 246 g/mol. The van der Waals surface area contributed by atoms with E-state index in [9.17, 15) is 0 Å². The zero-order valence-corrected chi connectivity index (χ0v) is 11.6. The summed E-state index contributed by atoms with van der Waals surface area (Å²) < 4.78 is 5.12. The lowest BCUT2D eigenvalue weighted by molar-refractivity contribution is 0.398. The third-order valence-corrected chi connectivity index (χ3v) is 3.82. The van der Waals surface area contributed by atoms with Crippen LogP contribution in [0.3, 0.4) is 0 Å². The van der Waals surface area contributed by atoms with Gasteiger partial charge in [-0.05, 0) is 19.5 Å². The molecule has 0 aromatic carbocycles. The summed E-state index contributed by atoms with van der Waals surface area (Å²) in [5.74, 6) is 0.615. The molecule has 2 heterocycles. The summed E-state index contributed by atoms with van der Waals surface area (Å²) in [5.41, 5.74) is 0.856. The molecule has 0 spiro atoms. The topological polar surface area (TPSA) is 47.0 Å².